The molecule has 0 unspecified atom stereocenters. The Labute approximate surface area is 384 Å². The second-order valence-electron chi connectivity index (χ2n) is 17.6. The molecular weight excluding hydrogens is 969 g/mol. The first-order chi connectivity index (χ1) is 29.4. The van der Waals surface area contributed by atoms with Crippen molar-refractivity contribution in [2.75, 3.05) is 0 Å². The first-order valence-electron chi connectivity index (χ1n) is 21.2. The molecule has 6 aromatic carbocycles. The van der Waals surface area contributed by atoms with Crippen molar-refractivity contribution in [2.45, 2.75) is 66.1 Å². The molecule has 62 heavy (non-hydrogen) atoms. The molecule has 7 heteroatoms. The minimum atomic E-state index is -1.28. The van der Waals surface area contributed by atoms with Gasteiger partial charge in [0, 0.05) is 37.7 Å². The Morgan fingerprint density at radius 1 is 0.661 bits per heavy atom. The number of rotatable bonds is 7. The van der Waals surface area contributed by atoms with Crippen LogP contribution in [0.15, 0.2) is 146 Å². The van der Waals surface area contributed by atoms with Gasteiger partial charge in [-0.3, -0.25) is 4.98 Å². The van der Waals surface area contributed by atoms with Crippen molar-refractivity contribution < 1.29 is 20.1 Å². The van der Waals surface area contributed by atoms with E-state index >= 15 is 0 Å². The topological polar surface area (TPSA) is 43.6 Å². The first kappa shape index (κ1) is 43.1. The largest absolute Gasteiger partial charge is 0.333 e. The number of aryl methyl sites for hydroxylation is 1. The molecule has 0 amide bonds. The molecule has 10 aromatic rings. The number of imidazole rings is 1. The van der Waals surface area contributed by atoms with E-state index in [1.165, 1.54) is 59.4 Å². The molecule has 311 valence electrons. The van der Waals surface area contributed by atoms with Crippen LogP contribution in [0, 0.1) is 19.1 Å². The number of thiophene rings is 1. The van der Waals surface area contributed by atoms with Gasteiger partial charge in [0.05, 0.1) is 24.9 Å². The molecule has 4 nitrogen and oxygen atoms in total. The molecule has 0 spiro atoms. The molecule has 1 radical (unpaired) electrons. The molecule has 0 N–H and O–H groups in total. The first-order valence-corrected chi connectivity index (χ1v) is 25.6. The molecular formula is C55H50IrN4SSi-2. The fourth-order valence-corrected chi connectivity index (χ4v) is 10.3. The molecule has 0 atom stereocenters. The summed E-state index contributed by atoms with van der Waals surface area (Å²) in [6.07, 6.45) is 2.04. The van der Waals surface area contributed by atoms with E-state index in [-0.39, 0.29) is 20.1 Å². The van der Waals surface area contributed by atoms with E-state index in [4.69, 9.17) is 9.97 Å². The molecule has 4 heterocycles. The van der Waals surface area contributed by atoms with E-state index < -0.39 is 8.07 Å². The number of nitrogens with zero attached hydrogens (tertiary/aromatic N) is 4. The van der Waals surface area contributed by atoms with Gasteiger partial charge in [0.2, 0.25) is 0 Å². The Bertz CT molecular complexity index is 3160. The standard InChI is InChI=1S/C37H32N3S.C18H18NSi.Ir/c1-22(2)29-20-27(25-11-7-6-8-12-25)21-30(23(3)4)35(29)40-33-14-10-9-13-32(33)39-36(40)26-16-18-34-31(19-26)28-17-15-24(5)38-37(28)41-34;1-20(2,3)15-11-12-18(19-13-15)17-10-6-8-14-7-4-5-9-16(14)17;/h6-15,17-23H,1-5H3;4-9,11-13H,1-3H3;/q2*-1;. The third kappa shape index (κ3) is 8.35. The fourth-order valence-electron chi connectivity index (χ4n) is 8.23. The summed E-state index contributed by atoms with van der Waals surface area (Å²) >= 11 is 1.73. The number of hydrogen-bond acceptors (Lipinski definition) is 4. The third-order valence-corrected chi connectivity index (χ3v) is 14.7. The van der Waals surface area contributed by atoms with Gasteiger partial charge in [-0.25, -0.2) is 4.98 Å². The van der Waals surface area contributed by atoms with Crippen molar-refractivity contribution in [1.82, 2.24) is 19.5 Å². The summed E-state index contributed by atoms with van der Waals surface area (Å²) in [7, 11) is -1.28. The van der Waals surface area contributed by atoms with Crippen LogP contribution in [-0.2, 0) is 20.1 Å². The molecule has 0 bridgehead atoms. The van der Waals surface area contributed by atoms with Crippen LogP contribution in [0.4, 0.5) is 0 Å². The Morgan fingerprint density at radius 3 is 2.08 bits per heavy atom. The third-order valence-electron chi connectivity index (χ3n) is 11.6. The van der Waals surface area contributed by atoms with Crippen molar-refractivity contribution >= 4 is 66.7 Å². The number of pyridine rings is 2. The van der Waals surface area contributed by atoms with E-state index in [0.717, 1.165) is 44.2 Å². The molecule has 0 aliphatic heterocycles. The van der Waals surface area contributed by atoms with Crippen LogP contribution in [0.2, 0.25) is 19.6 Å². The molecule has 0 fully saturated rings. The van der Waals surface area contributed by atoms with Gasteiger partial charge in [-0.1, -0.05) is 143 Å². The van der Waals surface area contributed by atoms with Crippen LogP contribution in [0.25, 0.3) is 81.6 Å². The van der Waals surface area contributed by atoms with Gasteiger partial charge in [-0.2, -0.15) is 11.3 Å². The molecule has 0 aliphatic rings. The van der Waals surface area contributed by atoms with Crippen LogP contribution >= 0.6 is 11.3 Å². The van der Waals surface area contributed by atoms with Gasteiger partial charge in [-0.15, -0.1) is 52.9 Å². The van der Waals surface area contributed by atoms with Crippen LogP contribution in [0.5, 0.6) is 0 Å². The maximum atomic E-state index is 5.25. The number of fused-ring (bicyclic) bond motifs is 5. The summed E-state index contributed by atoms with van der Waals surface area (Å²) in [5, 5.41) is 6.23. The van der Waals surface area contributed by atoms with Gasteiger partial charge in [0.25, 0.3) is 0 Å². The second-order valence-corrected chi connectivity index (χ2v) is 23.7. The van der Waals surface area contributed by atoms with Gasteiger partial charge in [0.15, 0.2) is 0 Å². The average molecular weight is 1020 g/mol. The average Bonchev–Trinajstić information content (AvgIpc) is 3.83. The zero-order valence-electron chi connectivity index (χ0n) is 36.5. The SMILES string of the molecule is C[Si](C)(C)c1ccc(-c2[c-]ccc3ccccc23)nc1.Cc1ccc2c(n1)sc1c[c-]c(-c3nc4ccccc4n3-c3c(C(C)C)cc(-c4ccccc4)cc3C(C)C)cc12.[Ir]. The van der Waals surface area contributed by atoms with E-state index in [1.54, 1.807) is 11.3 Å². The summed E-state index contributed by atoms with van der Waals surface area (Å²) in [5.74, 6) is 1.56. The summed E-state index contributed by atoms with van der Waals surface area (Å²) in [4.78, 5) is 15.8. The number of para-hydroxylation sites is 2. The van der Waals surface area contributed by atoms with Crippen LogP contribution in [0.3, 0.4) is 0 Å². The molecule has 10 rings (SSSR count). The van der Waals surface area contributed by atoms with E-state index in [1.807, 2.05) is 19.2 Å². The smallest absolute Gasteiger partial charge is 0.114 e. The monoisotopic (exact) mass is 1020 g/mol. The maximum Gasteiger partial charge on any atom is 0.114 e. The van der Waals surface area contributed by atoms with E-state index in [2.05, 4.69) is 202 Å². The summed E-state index contributed by atoms with van der Waals surface area (Å²) in [5.41, 5.74) is 12.6. The van der Waals surface area contributed by atoms with Gasteiger partial charge in [0.1, 0.15) is 4.83 Å². The van der Waals surface area contributed by atoms with Crippen LogP contribution in [-0.4, -0.2) is 27.6 Å². The van der Waals surface area contributed by atoms with Gasteiger partial charge < -0.3 is 9.55 Å². The molecule has 4 aromatic heterocycles. The van der Waals surface area contributed by atoms with E-state index in [9.17, 15) is 0 Å². The molecule has 0 saturated carbocycles. The quantitative estimate of drug-likeness (QED) is 0.118. The zero-order chi connectivity index (χ0) is 42.4. The number of aromatic nitrogens is 4. The van der Waals surface area contributed by atoms with Crippen molar-refractivity contribution in [3.63, 3.8) is 0 Å². The number of benzene rings is 6. The van der Waals surface area contributed by atoms with Crippen molar-refractivity contribution in [1.29, 1.82) is 0 Å². The maximum absolute atomic E-state index is 5.25. The molecule has 0 aliphatic carbocycles. The second kappa shape index (κ2) is 17.7. The minimum Gasteiger partial charge on any atom is -0.333 e. The summed E-state index contributed by atoms with van der Waals surface area (Å²) in [6.45, 7) is 18.2. The van der Waals surface area contributed by atoms with Crippen molar-refractivity contribution in [3.05, 3.63) is 175 Å². The predicted octanol–water partition coefficient (Wildman–Crippen LogP) is 14.7. The van der Waals surface area contributed by atoms with Crippen molar-refractivity contribution in [3.8, 4) is 39.5 Å². The van der Waals surface area contributed by atoms with Crippen LogP contribution < -0.4 is 5.19 Å². The zero-order valence-corrected chi connectivity index (χ0v) is 40.8. The Kier molecular flexibility index (Phi) is 12.3. The van der Waals surface area contributed by atoms with Gasteiger partial charge in [-0.05, 0) is 92.3 Å². The van der Waals surface area contributed by atoms with Crippen molar-refractivity contribution in [2.24, 2.45) is 0 Å². The summed E-state index contributed by atoms with van der Waals surface area (Å²) in [6, 6.07) is 56.4. The normalized spacial score (nSPS) is 11.7. The van der Waals surface area contributed by atoms with E-state index in [0.29, 0.717) is 11.8 Å². The van der Waals surface area contributed by atoms with Gasteiger partial charge >= 0.3 is 0 Å². The summed E-state index contributed by atoms with van der Waals surface area (Å²) < 4.78 is 3.59. The molecule has 0 saturated heterocycles. The predicted molar refractivity (Wildman–Crippen MR) is 263 cm³/mol. The fraction of sp³-hybridized carbons (Fsp3) is 0.182. The minimum absolute atomic E-state index is 0. The van der Waals surface area contributed by atoms with Crippen LogP contribution in [0.1, 0.15) is 56.4 Å². The Morgan fingerprint density at radius 2 is 1.37 bits per heavy atom. The Balaban J connectivity index is 0.000000212. The Hall–Kier alpha value is -5.56. The number of hydrogen-bond donors (Lipinski definition) is 0.